The van der Waals surface area contributed by atoms with Crippen LogP contribution in [-0.4, -0.2) is 55.6 Å². The molecule has 0 saturated carbocycles. The van der Waals surface area contributed by atoms with E-state index in [2.05, 4.69) is 30.8 Å². The monoisotopic (exact) mass is 293 g/mol. The third kappa shape index (κ3) is 4.25. The molecule has 1 aromatic rings. The van der Waals surface area contributed by atoms with Crippen LogP contribution in [0.4, 0.5) is 4.39 Å². The van der Waals surface area contributed by atoms with Crippen molar-refractivity contribution >= 4 is 0 Å². The molecule has 0 spiro atoms. The maximum Gasteiger partial charge on any atom is 0.123 e. The number of likely N-dealkylation sites (N-methyl/N-ethyl adjacent to an activating group) is 1. The molecule has 0 radical (unpaired) electrons. The van der Waals surface area contributed by atoms with Crippen LogP contribution in [0.3, 0.4) is 0 Å². The third-order valence-corrected chi connectivity index (χ3v) is 4.88. The van der Waals surface area contributed by atoms with Crippen molar-refractivity contribution in [1.29, 1.82) is 0 Å². The molecule has 2 unspecified atom stereocenters. The van der Waals surface area contributed by atoms with E-state index in [0.29, 0.717) is 6.54 Å². The van der Waals surface area contributed by atoms with E-state index < -0.39 is 0 Å². The summed E-state index contributed by atoms with van der Waals surface area (Å²) >= 11 is 0. The van der Waals surface area contributed by atoms with Gasteiger partial charge in [-0.2, -0.15) is 0 Å². The topological polar surface area (TPSA) is 32.5 Å². The molecule has 0 amide bonds. The maximum absolute atomic E-state index is 13.0. The lowest BCUT2D eigenvalue weighted by Crippen LogP contribution is -2.52. The smallest absolute Gasteiger partial charge is 0.123 e. The molecule has 3 nitrogen and oxygen atoms in total. The second-order valence-corrected chi connectivity index (χ2v) is 6.80. The Hall–Kier alpha value is -0.970. The molecule has 1 fully saturated rings. The van der Waals surface area contributed by atoms with Crippen LogP contribution >= 0.6 is 0 Å². The zero-order valence-electron chi connectivity index (χ0n) is 13.5. The first-order valence-electron chi connectivity index (χ1n) is 7.77. The number of hydrogen-bond acceptors (Lipinski definition) is 3. The highest BCUT2D eigenvalue weighted by Gasteiger charge is 2.31. The summed E-state index contributed by atoms with van der Waals surface area (Å²) in [5, 5.41) is 0. The fourth-order valence-corrected chi connectivity index (χ4v) is 3.19. The first-order chi connectivity index (χ1) is 9.93. The average molecular weight is 293 g/mol. The number of nitrogens with zero attached hydrogens (tertiary/aromatic N) is 2. The molecule has 1 aromatic carbocycles. The van der Waals surface area contributed by atoms with Gasteiger partial charge < -0.3 is 10.6 Å². The van der Waals surface area contributed by atoms with Crippen molar-refractivity contribution < 1.29 is 4.39 Å². The predicted octanol–water partition coefficient (Wildman–Crippen LogP) is 1.97. The molecule has 0 bridgehead atoms. The molecule has 1 heterocycles. The Labute approximate surface area is 127 Å². The summed E-state index contributed by atoms with van der Waals surface area (Å²) in [4.78, 5) is 4.78. The van der Waals surface area contributed by atoms with Gasteiger partial charge in [-0.1, -0.05) is 12.1 Å². The highest BCUT2D eigenvalue weighted by Crippen LogP contribution is 2.23. The Kier molecular flexibility index (Phi) is 5.36. The van der Waals surface area contributed by atoms with Gasteiger partial charge in [0.1, 0.15) is 5.82 Å². The Bertz CT molecular complexity index is 448. The van der Waals surface area contributed by atoms with Gasteiger partial charge in [-0.05, 0) is 64.0 Å². The SMILES string of the molecule is CN1CCC(CN(C)C(C)(CN)Cc2ccc(F)cc2)C1. The fraction of sp³-hybridized carbons (Fsp3) is 0.647. The van der Waals surface area contributed by atoms with E-state index in [0.717, 1.165) is 24.4 Å². The first-order valence-corrected chi connectivity index (χ1v) is 7.77. The Morgan fingerprint density at radius 3 is 2.57 bits per heavy atom. The van der Waals surface area contributed by atoms with Crippen LogP contribution in [0.2, 0.25) is 0 Å². The summed E-state index contributed by atoms with van der Waals surface area (Å²) in [6.45, 7) is 6.23. The second kappa shape index (κ2) is 6.86. The molecule has 2 rings (SSSR count). The van der Waals surface area contributed by atoms with Gasteiger partial charge in [-0.3, -0.25) is 4.90 Å². The Balaban J connectivity index is 1.99. The molecule has 2 N–H and O–H groups in total. The highest BCUT2D eigenvalue weighted by molar-refractivity contribution is 5.19. The van der Waals surface area contributed by atoms with Gasteiger partial charge in [0.2, 0.25) is 0 Å². The quantitative estimate of drug-likeness (QED) is 0.870. The maximum atomic E-state index is 13.0. The lowest BCUT2D eigenvalue weighted by Gasteiger charge is -2.39. The van der Waals surface area contributed by atoms with Crippen molar-refractivity contribution in [3.05, 3.63) is 35.6 Å². The van der Waals surface area contributed by atoms with Crippen molar-refractivity contribution in [2.75, 3.05) is 40.3 Å². The molecule has 1 aliphatic rings. The zero-order chi connectivity index (χ0) is 15.5. The molecule has 1 saturated heterocycles. The van der Waals surface area contributed by atoms with E-state index >= 15 is 0 Å². The minimum absolute atomic E-state index is 0.0843. The molecular weight excluding hydrogens is 265 g/mol. The normalized spacial score (nSPS) is 22.7. The van der Waals surface area contributed by atoms with Crippen molar-refractivity contribution in [3.8, 4) is 0 Å². The zero-order valence-corrected chi connectivity index (χ0v) is 13.5. The largest absolute Gasteiger partial charge is 0.329 e. The summed E-state index contributed by atoms with van der Waals surface area (Å²) < 4.78 is 13.0. The first kappa shape index (κ1) is 16.4. The average Bonchev–Trinajstić information content (AvgIpc) is 2.86. The molecular formula is C17H28FN3. The highest BCUT2D eigenvalue weighted by atomic mass is 19.1. The lowest BCUT2D eigenvalue weighted by atomic mass is 9.90. The summed E-state index contributed by atoms with van der Waals surface area (Å²) in [5.74, 6) is 0.537. The predicted molar refractivity (Wildman–Crippen MR) is 85.8 cm³/mol. The van der Waals surface area contributed by atoms with Gasteiger partial charge in [-0.25, -0.2) is 4.39 Å². The summed E-state index contributed by atoms with van der Waals surface area (Å²) in [5.41, 5.74) is 7.12. The molecule has 118 valence electrons. The van der Waals surface area contributed by atoms with E-state index in [1.807, 2.05) is 12.1 Å². The van der Waals surface area contributed by atoms with Crippen LogP contribution in [0.1, 0.15) is 18.9 Å². The minimum Gasteiger partial charge on any atom is -0.329 e. The molecule has 1 aliphatic heterocycles. The fourth-order valence-electron chi connectivity index (χ4n) is 3.19. The van der Waals surface area contributed by atoms with Crippen molar-refractivity contribution in [2.45, 2.75) is 25.3 Å². The summed E-state index contributed by atoms with van der Waals surface area (Å²) in [6, 6.07) is 6.78. The number of benzene rings is 1. The number of hydrogen-bond donors (Lipinski definition) is 1. The van der Waals surface area contributed by atoms with Crippen molar-refractivity contribution in [2.24, 2.45) is 11.7 Å². The third-order valence-electron chi connectivity index (χ3n) is 4.88. The molecule has 0 aromatic heterocycles. The van der Waals surface area contributed by atoms with E-state index in [1.54, 1.807) is 0 Å². The van der Waals surface area contributed by atoms with Gasteiger partial charge in [0.15, 0.2) is 0 Å². The lowest BCUT2D eigenvalue weighted by molar-refractivity contribution is 0.123. The van der Waals surface area contributed by atoms with Crippen molar-refractivity contribution in [1.82, 2.24) is 9.80 Å². The standard InChI is InChI=1S/C17H28FN3/c1-17(13-19,10-14-4-6-16(18)7-5-14)21(3)12-15-8-9-20(2)11-15/h4-7,15H,8-13,19H2,1-3H3. The molecule has 4 heteroatoms. The number of nitrogens with two attached hydrogens (primary N) is 1. The van der Waals surface area contributed by atoms with Gasteiger partial charge >= 0.3 is 0 Å². The van der Waals surface area contributed by atoms with Gasteiger partial charge in [0, 0.05) is 25.2 Å². The van der Waals surface area contributed by atoms with E-state index in [-0.39, 0.29) is 11.4 Å². The van der Waals surface area contributed by atoms with Crippen LogP contribution < -0.4 is 5.73 Å². The molecule has 0 aliphatic carbocycles. The minimum atomic E-state index is -0.185. The van der Waals surface area contributed by atoms with Crippen LogP contribution in [-0.2, 0) is 6.42 Å². The number of likely N-dealkylation sites (tertiary alicyclic amines) is 1. The summed E-state index contributed by atoms with van der Waals surface area (Å²) in [6.07, 6.45) is 2.11. The van der Waals surface area contributed by atoms with E-state index in [9.17, 15) is 4.39 Å². The van der Waals surface area contributed by atoms with Crippen LogP contribution in [0.25, 0.3) is 0 Å². The van der Waals surface area contributed by atoms with Gasteiger partial charge in [-0.15, -0.1) is 0 Å². The van der Waals surface area contributed by atoms with Crippen LogP contribution in [0.5, 0.6) is 0 Å². The number of halogens is 1. The summed E-state index contributed by atoms with van der Waals surface area (Å²) in [7, 11) is 4.34. The number of rotatable bonds is 6. The Morgan fingerprint density at radius 2 is 2.05 bits per heavy atom. The Morgan fingerprint density at radius 1 is 1.38 bits per heavy atom. The van der Waals surface area contributed by atoms with Gasteiger partial charge in [0.05, 0.1) is 0 Å². The molecule has 21 heavy (non-hydrogen) atoms. The van der Waals surface area contributed by atoms with Gasteiger partial charge in [0.25, 0.3) is 0 Å². The van der Waals surface area contributed by atoms with E-state index in [4.69, 9.17) is 5.73 Å². The van der Waals surface area contributed by atoms with E-state index in [1.165, 1.54) is 31.6 Å². The van der Waals surface area contributed by atoms with Crippen LogP contribution in [0.15, 0.2) is 24.3 Å². The van der Waals surface area contributed by atoms with Crippen LogP contribution in [0, 0.1) is 11.7 Å². The second-order valence-electron chi connectivity index (χ2n) is 6.80. The van der Waals surface area contributed by atoms with Crippen molar-refractivity contribution in [3.63, 3.8) is 0 Å². The molecule has 2 atom stereocenters.